The van der Waals surface area contributed by atoms with E-state index < -0.39 is 0 Å². The predicted molar refractivity (Wildman–Crippen MR) is 86.7 cm³/mol. The van der Waals surface area contributed by atoms with Gasteiger partial charge in [-0.05, 0) is 18.2 Å². The third kappa shape index (κ3) is 3.77. The van der Waals surface area contributed by atoms with Gasteiger partial charge in [0, 0.05) is 18.6 Å². The maximum Gasteiger partial charge on any atom is 0.255 e. The van der Waals surface area contributed by atoms with Crippen molar-refractivity contribution in [1.82, 2.24) is 0 Å². The average molecular weight is 319 g/mol. The summed E-state index contributed by atoms with van der Waals surface area (Å²) < 4.78 is 5.23. The zero-order valence-electron chi connectivity index (χ0n) is 12.1. The van der Waals surface area contributed by atoms with Crippen LogP contribution in [-0.2, 0) is 4.79 Å². The van der Waals surface area contributed by atoms with E-state index in [2.05, 4.69) is 10.6 Å². The van der Waals surface area contributed by atoms with E-state index >= 15 is 0 Å². The van der Waals surface area contributed by atoms with Gasteiger partial charge in [-0.15, -0.1) is 0 Å². The van der Waals surface area contributed by atoms with Crippen LogP contribution in [0.5, 0.6) is 5.75 Å². The smallest absolute Gasteiger partial charge is 0.255 e. The maximum absolute atomic E-state index is 12.2. The Hall–Kier alpha value is -2.53. The van der Waals surface area contributed by atoms with Crippen molar-refractivity contribution in [2.45, 2.75) is 6.92 Å². The number of hydrogen-bond donors (Lipinski definition) is 2. The first-order valence-corrected chi connectivity index (χ1v) is 6.90. The summed E-state index contributed by atoms with van der Waals surface area (Å²) in [7, 11) is 1.47. The van der Waals surface area contributed by atoms with Gasteiger partial charge in [-0.3, -0.25) is 9.59 Å². The highest BCUT2D eigenvalue weighted by atomic mass is 35.5. The first-order chi connectivity index (χ1) is 10.5. The Bertz CT molecular complexity index is 702. The van der Waals surface area contributed by atoms with E-state index in [1.165, 1.54) is 20.1 Å². The quantitative estimate of drug-likeness (QED) is 0.905. The SMILES string of the molecule is COc1cc(NC(C)=O)c(Cl)cc1NC(=O)c1ccccc1. The van der Waals surface area contributed by atoms with Crippen molar-refractivity contribution in [2.75, 3.05) is 17.7 Å². The van der Waals surface area contributed by atoms with Gasteiger partial charge < -0.3 is 15.4 Å². The van der Waals surface area contributed by atoms with Crippen LogP contribution in [0.1, 0.15) is 17.3 Å². The molecule has 0 aliphatic rings. The highest BCUT2D eigenvalue weighted by Gasteiger charge is 2.13. The van der Waals surface area contributed by atoms with Gasteiger partial charge in [-0.1, -0.05) is 29.8 Å². The number of methoxy groups -OCH3 is 1. The molecule has 0 bridgehead atoms. The zero-order chi connectivity index (χ0) is 16.1. The molecule has 0 spiro atoms. The van der Waals surface area contributed by atoms with Crippen LogP contribution >= 0.6 is 11.6 Å². The fraction of sp³-hybridized carbons (Fsp3) is 0.125. The van der Waals surface area contributed by atoms with Crippen LogP contribution in [0.15, 0.2) is 42.5 Å². The Kier molecular flexibility index (Phi) is 5.01. The van der Waals surface area contributed by atoms with E-state index in [0.29, 0.717) is 27.7 Å². The number of halogens is 1. The number of hydrogen-bond acceptors (Lipinski definition) is 3. The molecule has 0 heterocycles. The minimum Gasteiger partial charge on any atom is -0.494 e. The zero-order valence-corrected chi connectivity index (χ0v) is 12.9. The van der Waals surface area contributed by atoms with Gasteiger partial charge in [0.2, 0.25) is 5.91 Å². The minimum absolute atomic E-state index is 0.245. The molecule has 0 aliphatic heterocycles. The second kappa shape index (κ2) is 6.95. The highest BCUT2D eigenvalue weighted by molar-refractivity contribution is 6.34. The van der Waals surface area contributed by atoms with Crippen molar-refractivity contribution < 1.29 is 14.3 Å². The number of rotatable bonds is 4. The van der Waals surface area contributed by atoms with Gasteiger partial charge in [-0.2, -0.15) is 0 Å². The lowest BCUT2D eigenvalue weighted by Crippen LogP contribution is -2.13. The van der Waals surface area contributed by atoms with E-state index in [9.17, 15) is 9.59 Å². The summed E-state index contributed by atoms with van der Waals surface area (Å²) in [4.78, 5) is 23.3. The van der Waals surface area contributed by atoms with Crippen LogP contribution in [-0.4, -0.2) is 18.9 Å². The van der Waals surface area contributed by atoms with Crippen molar-refractivity contribution >= 4 is 34.8 Å². The summed E-state index contributed by atoms with van der Waals surface area (Å²) in [6, 6.07) is 11.9. The lowest BCUT2D eigenvalue weighted by molar-refractivity contribution is -0.114. The number of anilines is 2. The first-order valence-electron chi connectivity index (χ1n) is 6.52. The molecular formula is C16H15ClN2O3. The fourth-order valence-corrected chi connectivity index (χ4v) is 2.10. The summed E-state index contributed by atoms with van der Waals surface area (Å²) in [6.07, 6.45) is 0. The first kappa shape index (κ1) is 15.9. The number of nitrogens with one attached hydrogen (secondary N) is 2. The summed E-state index contributed by atoms with van der Waals surface area (Å²) in [6.45, 7) is 1.38. The molecule has 0 saturated heterocycles. The van der Waals surface area contributed by atoms with Crippen molar-refractivity contribution in [3.05, 3.63) is 53.1 Å². The lowest BCUT2D eigenvalue weighted by Gasteiger charge is -2.14. The normalized spacial score (nSPS) is 9.95. The van der Waals surface area contributed by atoms with Crippen molar-refractivity contribution in [3.63, 3.8) is 0 Å². The Balaban J connectivity index is 2.29. The highest BCUT2D eigenvalue weighted by Crippen LogP contribution is 2.34. The van der Waals surface area contributed by atoms with Gasteiger partial charge in [0.15, 0.2) is 0 Å². The third-order valence-electron chi connectivity index (χ3n) is 2.88. The largest absolute Gasteiger partial charge is 0.494 e. The standard InChI is InChI=1S/C16H15ClN2O3/c1-10(20)18-13-9-15(22-2)14(8-12(13)17)19-16(21)11-6-4-3-5-7-11/h3-9H,1-2H3,(H,18,20)(H,19,21). The molecule has 2 amide bonds. The molecule has 0 aromatic heterocycles. The van der Waals surface area contributed by atoms with Crippen molar-refractivity contribution in [2.24, 2.45) is 0 Å². The number of carbonyl (C=O) groups excluding carboxylic acids is 2. The van der Waals surface area contributed by atoms with Crippen LogP contribution in [0.3, 0.4) is 0 Å². The second-order valence-corrected chi connectivity index (χ2v) is 4.94. The molecule has 0 aliphatic carbocycles. The Morgan fingerprint density at radius 2 is 1.73 bits per heavy atom. The van der Waals surface area contributed by atoms with Crippen molar-refractivity contribution in [3.8, 4) is 5.75 Å². The van der Waals surface area contributed by atoms with E-state index in [1.54, 1.807) is 30.3 Å². The van der Waals surface area contributed by atoms with Gasteiger partial charge in [0.05, 0.1) is 23.5 Å². The number of ether oxygens (including phenoxy) is 1. The molecule has 5 nitrogen and oxygen atoms in total. The Morgan fingerprint density at radius 3 is 2.32 bits per heavy atom. The van der Waals surface area contributed by atoms with E-state index in [-0.39, 0.29) is 11.8 Å². The molecule has 0 radical (unpaired) electrons. The molecule has 22 heavy (non-hydrogen) atoms. The van der Waals surface area contributed by atoms with Gasteiger partial charge in [0.25, 0.3) is 5.91 Å². The molecular weight excluding hydrogens is 304 g/mol. The molecule has 0 saturated carbocycles. The molecule has 114 valence electrons. The van der Waals surface area contributed by atoms with Crippen LogP contribution in [0.2, 0.25) is 5.02 Å². The van der Waals surface area contributed by atoms with E-state index in [4.69, 9.17) is 16.3 Å². The van der Waals surface area contributed by atoms with Gasteiger partial charge in [-0.25, -0.2) is 0 Å². The molecule has 0 unspecified atom stereocenters. The number of carbonyl (C=O) groups is 2. The third-order valence-corrected chi connectivity index (χ3v) is 3.20. The fourth-order valence-electron chi connectivity index (χ4n) is 1.89. The van der Waals surface area contributed by atoms with Crippen molar-refractivity contribution in [1.29, 1.82) is 0 Å². The second-order valence-electron chi connectivity index (χ2n) is 4.53. The minimum atomic E-state index is -0.276. The predicted octanol–water partition coefficient (Wildman–Crippen LogP) is 3.56. The summed E-state index contributed by atoms with van der Waals surface area (Å²) in [5, 5.41) is 5.64. The van der Waals surface area contributed by atoms with E-state index in [1.807, 2.05) is 6.07 Å². The summed E-state index contributed by atoms with van der Waals surface area (Å²) in [5.41, 5.74) is 1.37. The maximum atomic E-state index is 12.2. The molecule has 2 aromatic carbocycles. The molecule has 0 fully saturated rings. The van der Waals surface area contributed by atoms with Crippen LogP contribution < -0.4 is 15.4 Å². The van der Waals surface area contributed by atoms with Gasteiger partial charge in [0.1, 0.15) is 5.75 Å². The molecule has 6 heteroatoms. The molecule has 0 atom stereocenters. The lowest BCUT2D eigenvalue weighted by atomic mass is 10.2. The van der Waals surface area contributed by atoms with Crippen LogP contribution in [0.25, 0.3) is 0 Å². The van der Waals surface area contributed by atoms with Gasteiger partial charge >= 0.3 is 0 Å². The number of amides is 2. The topological polar surface area (TPSA) is 67.4 Å². The van der Waals surface area contributed by atoms with Crippen LogP contribution in [0.4, 0.5) is 11.4 Å². The monoisotopic (exact) mass is 318 g/mol. The number of benzene rings is 2. The Labute approximate surface area is 133 Å². The van der Waals surface area contributed by atoms with Crippen LogP contribution in [0, 0.1) is 0 Å². The average Bonchev–Trinajstić information content (AvgIpc) is 2.50. The summed E-state index contributed by atoms with van der Waals surface area (Å²) >= 11 is 6.11. The Morgan fingerprint density at radius 1 is 1.05 bits per heavy atom. The molecule has 2 N–H and O–H groups in total. The molecule has 2 aromatic rings. The summed E-state index contributed by atoms with van der Waals surface area (Å²) in [5.74, 6) is -0.121. The molecule has 2 rings (SSSR count). The van der Waals surface area contributed by atoms with E-state index in [0.717, 1.165) is 0 Å².